The van der Waals surface area contributed by atoms with Gasteiger partial charge in [-0.05, 0) is 46.5 Å². The van der Waals surface area contributed by atoms with Crippen molar-refractivity contribution in [3.8, 4) is 16.9 Å². The lowest BCUT2D eigenvalue weighted by Crippen LogP contribution is -2.25. The first kappa shape index (κ1) is 22.4. The predicted octanol–water partition coefficient (Wildman–Crippen LogP) is 3.90. The molecule has 2 aromatic carbocycles. The molecule has 1 amide bonds. The molecular formula is C22H21F3N2O4. The van der Waals surface area contributed by atoms with Crippen LogP contribution in [0.3, 0.4) is 0 Å². The third-order valence-corrected chi connectivity index (χ3v) is 4.85. The Balaban J connectivity index is 2.13. The van der Waals surface area contributed by atoms with Crippen LogP contribution in [0.2, 0.25) is 0 Å². The topological polar surface area (TPSA) is 85.8 Å². The van der Waals surface area contributed by atoms with E-state index in [0.717, 1.165) is 6.08 Å². The van der Waals surface area contributed by atoms with Gasteiger partial charge in [-0.15, -0.1) is 13.2 Å². The molecule has 1 atom stereocenters. The number of ether oxygens (including phenoxy) is 1. The Morgan fingerprint density at radius 3 is 2.48 bits per heavy atom. The Hall–Kier alpha value is -3.30. The number of aliphatic hydroxyl groups excluding tert-OH is 2. The maximum atomic E-state index is 12.4. The van der Waals surface area contributed by atoms with Crippen LogP contribution in [-0.4, -0.2) is 46.0 Å². The van der Waals surface area contributed by atoms with E-state index in [1.54, 1.807) is 25.5 Å². The Bertz CT molecular complexity index is 1090. The second-order valence-corrected chi connectivity index (χ2v) is 6.95. The monoisotopic (exact) mass is 434 g/mol. The third kappa shape index (κ3) is 4.89. The molecular weight excluding hydrogens is 413 g/mol. The molecule has 0 spiro atoms. The summed E-state index contributed by atoms with van der Waals surface area (Å²) in [5, 5.41) is 21.3. The average Bonchev–Trinajstić information content (AvgIpc) is 3.21. The highest BCUT2D eigenvalue weighted by Gasteiger charge is 2.31. The Morgan fingerprint density at radius 1 is 1.26 bits per heavy atom. The number of nitrogens with one attached hydrogen (secondary N) is 1. The zero-order valence-corrected chi connectivity index (χ0v) is 16.6. The summed E-state index contributed by atoms with van der Waals surface area (Å²) in [6.07, 6.45) is -1.45. The molecule has 0 saturated carbocycles. The van der Waals surface area contributed by atoms with Crippen molar-refractivity contribution in [2.24, 2.45) is 0 Å². The third-order valence-electron chi connectivity index (χ3n) is 4.85. The molecule has 0 radical (unpaired) electrons. The molecule has 1 aromatic heterocycles. The van der Waals surface area contributed by atoms with Gasteiger partial charge in [0.15, 0.2) is 0 Å². The van der Waals surface area contributed by atoms with Crippen molar-refractivity contribution in [2.45, 2.75) is 19.0 Å². The van der Waals surface area contributed by atoms with Crippen LogP contribution in [0.4, 0.5) is 13.2 Å². The van der Waals surface area contributed by atoms with Gasteiger partial charge in [0.25, 0.3) is 0 Å². The molecule has 3 rings (SSSR count). The minimum absolute atomic E-state index is 0.126. The summed E-state index contributed by atoms with van der Waals surface area (Å²) >= 11 is 0. The van der Waals surface area contributed by atoms with Crippen LogP contribution in [0, 0.1) is 0 Å². The van der Waals surface area contributed by atoms with Crippen LogP contribution in [0.5, 0.6) is 5.75 Å². The van der Waals surface area contributed by atoms with Gasteiger partial charge in [-0.25, -0.2) is 0 Å². The second kappa shape index (κ2) is 8.83. The number of carbonyl (C=O) groups is 1. The molecule has 0 unspecified atom stereocenters. The number of aromatic nitrogens is 1. The highest BCUT2D eigenvalue weighted by atomic mass is 19.4. The molecule has 9 heteroatoms. The van der Waals surface area contributed by atoms with Gasteiger partial charge in [0, 0.05) is 36.8 Å². The van der Waals surface area contributed by atoms with Gasteiger partial charge in [0.1, 0.15) is 11.9 Å². The van der Waals surface area contributed by atoms with Crippen molar-refractivity contribution in [1.82, 2.24) is 9.88 Å². The number of H-pyrrole nitrogens is 1. The summed E-state index contributed by atoms with van der Waals surface area (Å²) in [5.41, 5.74) is 2.33. The van der Waals surface area contributed by atoms with E-state index in [9.17, 15) is 28.2 Å². The SMILES string of the molecule is C=CC(=O)N(C)Cc1cc(-c2ccc(OC(F)(F)F)cc2)c2c[nH]cc2c1[C@H](O)CO. The number of hydrogen-bond acceptors (Lipinski definition) is 4. The molecule has 3 N–H and O–H groups in total. The van der Waals surface area contributed by atoms with Gasteiger partial charge in [0.2, 0.25) is 5.91 Å². The standard InChI is InChI=1S/C22H21F3N2O4/c1-3-20(30)27(2)11-14-8-16(13-4-6-15(7-5-13)31-22(23,24)25)17-9-26-10-18(17)21(14)19(29)12-28/h3-10,19,26,28-29H,1,11-12H2,2H3/t19-/m1/s1. The summed E-state index contributed by atoms with van der Waals surface area (Å²) in [4.78, 5) is 16.3. The summed E-state index contributed by atoms with van der Waals surface area (Å²) in [5.74, 6) is -0.667. The van der Waals surface area contributed by atoms with Crippen LogP contribution >= 0.6 is 0 Å². The fourth-order valence-corrected chi connectivity index (χ4v) is 3.49. The normalized spacial score (nSPS) is 12.6. The zero-order chi connectivity index (χ0) is 22.8. The van der Waals surface area contributed by atoms with Crippen molar-refractivity contribution >= 4 is 16.7 Å². The summed E-state index contributed by atoms with van der Waals surface area (Å²) in [7, 11) is 1.57. The highest BCUT2D eigenvalue weighted by Crippen LogP contribution is 2.37. The highest BCUT2D eigenvalue weighted by molar-refractivity contribution is 5.99. The van der Waals surface area contributed by atoms with Crippen molar-refractivity contribution in [3.63, 3.8) is 0 Å². The number of rotatable bonds is 7. The predicted molar refractivity (Wildman–Crippen MR) is 109 cm³/mol. The molecule has 6 nitrogen and oxygen atoms in total. The van der Waals surface area contributed by atoms with E-state index in [1.807, 2.05) is 0 Å². The number of likely N-dealkylation sites (N-methyl/N-ethyl adjacent to an activating group) is 1. The summed E-state index contributed by atoms with van der Waals surface area (Å²) in [6, 6.07) is 7.16. The van der Waals surface area contributed by atoms with E-state index in [1.165, 1.54) is 29.2 Å². The van der Waals surface area contributed by atoms with Gasteiger partial charge < -0.3 is 24.8 Å². The largest absolute Gasteiger partial charge is 0.573 e. The van der Waals surface area contributed by atoms with Crippen molar-refractivity contribution < 1.29 is 32.9 Å². The van der Waals surface area contributed by atoms with E-state index < -0.39 is 19.1 Å². The Labute approximate surface area is 176 Å². The van der Waals surface area contributed by atoms with Gasteiger partial charge in [-0.3, -0.25) is 4.79 Å². The van der Waals surface area contributed by atoms with Crippen LogP contribution in [0.25, 0.3) is 21.9 Å². The molecule has 0 saturated heterocycles. The maximum Gasteiger partial charge on any atom is 0.573 e. The number of nitrogens with zero attached hydrogens (tertiary/aromatic N) is 1. The van der Waals surface area contributed by atoms with Crippen LogP contribution in [0.15, 0.2) is 55.4 Å². The number of aromatic amines is 1. The summed E-state index contributed by atoms with van der Waals surface area (Å²) in [6.45, 7) is 3.07. The lowest BCUT2D eigenvalue weighted by Gasteiger charge is -2.22. The molecule has 31 heavy (non-hydrogen) atoms. The molecule has 0 bridgehead atoms. The maximum absolute atomic E-state index is 12.4. The van der Waals surface area contributed by atoms with Crippen LogP contribution in [-0.2, 0) is 11.3 Å². The lowest BCUT2D eigenvalue weighted by molar-refractivity contribution is -0.274. The number of fused-ring (bicyclic) bond motifs is 1. The van der Waals surface area contributed by atoms with Gasteiger partial charge in [-0.2, -0.15) is 0 Å². The molecule has 1 heterocycles. The molecule has 0 fully saturated rings. The second-order valence-electron chi connectivity index (χ2n) is 6.95. The molecule has 0 aliphatic heterocycles. The fourth-order valence-electron chi connectivity index (χ4n) is 3.49. The van der Waals surface area contributed by atoms with Gasteiger partial charge >= 0.3 is 6.36 Å². The first-order chi connectivity index (χ1) is 14.6. The van der Waals surface area contributed by atoms with E-state index >= 15 is 0 Å². The minimum atomic E-state index is -4.78. The number of halogens is 3. The number of carbonyl (C=O) groups excluding carboxylic acids is 1. The zero-order valence-electron chi connectivity index (χ0n) is 16.6. The van der Waals surface area contributed by atoms with E-state index in [-0.39, 0.29) is 18.2 Å². The quantitative estimate of drug-likeness (QED) is 0.493. The van der Waals surface area contributed by atoms with E-state index in [4.69, 9.17) is 0 Å². The first-order valence-corrected chi connectivity index (χ1v) is 9.29. The van der Waals surface area contributed by atoms with Crippen molar-refractivity contribution in [3.05, 3.63) is 66.5 Å². The van der Waals surface area contributed by atoms with E-state index in [0.29, 0.717) is 33.0 Å². The minimum Gasteiger partial charge on any atom is -0.406 e. The summed E-state index contributed by atoms with van der Waals surface area (Å²) < 4.78 is 41.3. The van der Waals surface area contributed by atoms with Crippen LogP contribution < -0.4 is 4.74 Å². The fraction of sp³-hybridized carbons (Fsp3) is 0.227. The number of amides is 1. The Morgan fingerprint density at radius 2 is 1.90 bits per heavy atom. The Kier molecular flexibility index (Phi) is 6.37. The van der Waals surface area contributed by atoms with Gasteiger partial charge in [-0.1, -0.05) is 18.7 Å². The van der Waals surface area contributed by atoms with Crippen molar-refractivity contribution in [2.75, 3.05) is 13.7 Å². The van der Waals surface area contributed by atoms with E-state index in [2.05, 4.69) is 16.3 Å². The average molecular weight is 434 g/mol. The van der Waals surface area contributed by atoms with Crippen LogP contribution in [0.1, 0.15) is 17.2 Å². The van der Waals surface area contributed by atoms with Crippen molar-refractivity contribution in [1.29, 1.82) is 0 Å². The molecule has 0 aliphatic carbocycles. The lowest BCUT2D eigenvalue weighted by atomic mass is 9.91. The van der Waals surface area contributed by atoms with Gasteiger partial charge in [0.05, 0.1) is 6.61 Å². The number of alkyl halides is 3. The number of benzene rings is 2. The smallest absolute Gasteiger partial charge is 0.406 e. The molecule has 0 aliphatic rings. The molecule has 3 aromatic rings. The molecule has 164 valence electrons. The first-order valence-electron chi connectivity index (χ1n) is 9.29. The number of aliphatic hydroxyl groups is 2. The number of hydrogen-bond donors (Lipinski definition) is 3.